The zero-order valence-corrected chi connectivity index (χ0v) is 15.5. The van der Waals surface area contributed by atoms with E-state index in [9.17, 15) is 4.39 Å². The predicted octanol–water partition coefficient (Wildman–Crippen LogP) is 4.18. The number of hydrogen-bond acceptors (Lipinski definition) is 3. The molecule has 2 N–H and O–H groups in total. The zero-order valence-electron chi connectivity index (χ0n) is 13.1. The lowest BCUT2D eigenvalue weighted by Gasteiger charge is -2.30. The smallest absolute Gasteiger partial charge is 0.172 e. The van der Waals surface area contributed by atoms with Gasteiger partial charge in [-0.2, -0.15) is 0 Å². The van der Waals surface area contributed by atoms with Crippen molar-refractivity contribution in [1.29, 1.82) is 0 Å². The number of hydrogen-bond donors (Lipinski definition) is 2. The van der Waals surface area contributed by atoms with Gasteiger partial charge in [0.05, 0.1) is 12.4 Å². The average molecular weight is 409 g/mol. The molecule has 1 saturated carbocycles. The van der Waals surface area contributed by atoms with E-state index < -0.39 is 0 Å². The standard InChI is InChI=1S/C17H18BrFN4S/c18-14-9-21-15(10-20-14)23-16(24)22-11-17(7-1-2-8-17)12-3-5-13(19)6-4-12/h3-6,9-10H,1-2,7-8,11H2,(H2,21,22,23,24). The van der Waals surface area contributed by atoms with Crippen molar-refractivity contribution in [1.82, 2.24) is 15.3 Å². The van der Waals surface area contributed by atoms with Crippen molar-refractivity contribution in [2.75, 3.05) is 11.9 Å². The van der Waals surface area contributed by atoms with Crippen LogP contribution >= 0.6 is 28.1 Å². The summed E-state index contributed by atoms with van der Waals surface area (Å²) in [6, 6.07) is 6.84. The van der Waals surface area contributed by atoms with E-state index in [-0.39, 0.29) is 11.2 Å². The van der Waals surface area contributed by atoms with Crippen LogP contribution in [0.2, 0.25) is 0 Å². The number of anilines is 1. The molecule has 0 aliphatic heterocycles. The minimum atomic E-state index is -0.203. The fourth-order valence-electron chi connectivity index (χ4n) is 3.21. The molecule has 1 heterocycles. The van der Waals surface area contributed by atoms with Gasteiger partial charge >= 0.3 is 0 Å². The van der Waals surface area contributed by atoms with E-state index in [1.54, 1.807) is 12.4 Å². The van der Waals surface area contributed by atoms with Gasteiger partial charge in [-0.15, -0.1) is 0 Å². The Balaban J connectivity index is 1.65. The first-order valence-corrected chi connectivity index (χ1v) is 9.06. The first-order valence-electron chi connectivity index (χ1n) is 7.86. The minimum absolute atomic E-state index is 0.00480. The largest absolute Gasteiger partial charge is 0.362 e. The molecule has 3 rings (SSSR count). The Bertz CT molecular complexity index is 700. The lowest BCUT2D eigenvalue weighted by molar-refractivity contribution is 0.434. The first-order chi connectivity index (χ1) is 11.6. The molecular weight excluding hydrogens is 391 g/mol. The molecule has 1 aromatic carbocycles. The maximum atomic E-state index is 13.2. The van der Waals surface area contributed by atoms with E-state index in [0.29, 0.717) is 22.1 Å². The number of aromatic nitrogens is 2. The number of benzene rings is 1. The summed E-state index contributed by atoms with van der Waals surface area (Å²) >= 11 is 8.61. The molecule has 0 atom stereocenters. The third-order valence-electron chi connectivity index (χ3n) is 4.47. The summed E-state index contributed by atoms with van der Waals surface area (Å²) in [5.74, 6) is 0.392. The Morgan fingerprint density at radius 3 is 2.50 bits per heavy atom. The SMILES string of the molecule is Fc1ccc(C2(CNC(=S)Nc3cnc(Br)cn3)CCCC2)cc1. The molecule has 0 spiro atoms. The van der Waals surface area contributed by atoms with E-state index in [1.807, 2.05) is 12.1 Å². The third kappa shape index (κ3) is 4.08. The zero-order chi connectivity index (χ0) is 17.0. The van der Waals surface area contributed by atoms with Crippen molar-refractivity contribution in [2.24, 2.45) is 0 Å². The van der Waals surface area contributed by atoms with Gasteiger partial charge in [0, 0.05) is 12.0 Å². The predicted molar refractivity (Wildman–Crippen MR) is 101 cm³/mol. The van der Waals surface area contributed by atoms with Gasteiger partial charge in [-0.05, 0) is 58.7 Å². The van der Waals surface area contributed by atoms with Gasteiger partial charge in [-0.25, -0.2) is 14.4 Å². The van der Waals surface area contributed by atoms with Crippen LogP contribution in [0.25, 0.3) is 0 Å². The number of nitrogens with zero attached hydrogens (tertiary/aromatic N) is 2. The van der Waals surface area contributed by atoms with Crippen LogP contribution in [-0.2, 0) is 5.41 Å². The topological polar surface area (TPSA) is 49.8 Å². The normalized spacial score (nSPS) is 15.9. The summed E-state index contributed by atoms with van der Waals surface area (Å²) in [6.07, 6.45) is 7.73. The van der Waals surface area contributed by atoms with Gasteiger partial charge in [-0.3, -0.25) is 0 Å². The number of nitrogens with one attached hydrogen (secondary N) is 2. The molecule has 0 radical (unpaired) electrons. The Morgan fingerprint density at radius 1 is 1.17 bits per heavy atom. The number of thiocarbonyl (C=S) groups is 1. The molecule has 0 bridgehead atoms. The second-order valence-corrected chi connectivity index (χ2v) is 7.25. The molecule has 7 heteroatoms. The third-order valence-corrected chi connectivity index (χ3v) is 5.12. The molecule has 1 aliphatic carbocycles. The fraction of sp³-hybridized carbons (Fsp3) is 0.353. The highest BCUT2D eigenvalue weighted by atomic mass is 79.9. The highest BCUT2D eigenvalue weighted by molar-refractivity contribution is 9.10. The minimum Gasteiger partial charge on any atom is -0.362 e. The summed E-state index contributed by atoms with van der Waals surface area (Å²) in [7, 11) is 0. The highest BCUT2D eigenvalue weighted by Gasteiger charge is 2.35. The maximum Gasteiger partial charge on any atom is 0.172 e. The van der Waals surface area contributed by atoms with E-state index >= 15 is 0 Å². The van der Waals surface area contributed by atoms with Crippen LogP contribution in [0.4, 0.5) is 10.2 Å². The van der Waals surface area contributed by atoms with Gasteiger partial charge in [0.1, 0.15) is 10.4 Å². The molecule has 2 aromatic rings. The second-order valence-electron chi connectivity index (χ2n) is 6.03. The fourth-order valence-corrected chi connectivity index (χ4v) is 3.59. The van der Waals surface area contributed by atoms with Crippen LogP contribution < -0.4 is 10.6 Å². The Labute approximate surface area is 154 Å². The second kappa shape index (κ2) is 7.53. The van der Waals surface area contributed by atoms with Crippen molar-refractivity contribution in [3.63, 3.8) is 0 Å². The van der Waals surface area contributed by atoms with E-state index in [1.165, 1.54) is 30.5 Å². The Kier molecular flexibility index (Phi) is 5.40. The van der Waals surface area contributed by atoms with Crippen molar-refractivity contribution in [2.45, 2.75) is 31.1 Å². The van der Waals surface area contributed by atoms with Crippen LogP contribution in [0.3, 0.4) is 0 Å². The highest BCUT2D eigenvalue weighted by Crippen LogP contribution is 2.40. The molecule has 0 saturated heterocycles. The maximum absolute atomic E-state index is 13.2. The molecule has 126 valence electrons. The van der Waals surface area contributed by atoms with Gasteiger partial charge < -0.3 is 10.6 Å². The molecule has 24 heavy (non-hydrogen) atoms. The lowest BCUT2D eigenvalue weighted by atomic mass is 9.79. The van der Waals surface area contributed by atoms with Gasteiger partial charge in [0.25, 0.3) is 0 Å². The summed E-state index contributed by atoms with van der Waals surface area (Å²) in [6.45, 7) is 0.717. The van der Waals surface area contributed by atoms with Crippen molar-refractivity contribution in [3.8, 4) is 0 Å². The molecule has 1 fully saturated rings. The van der Waals surface area contributed by atoms with Crippen molar-refractivity contribution < 1.29 is 4.39 Å². The van der Waals surface area contributed by atoms with Gasteiger partial charge in [0.2, 0.25) is 0 Å². The van der Waals surface area contributed by atoms with Crippen LogP contribution in [0.1, 0.15) is 31.2 Å². The summed E-state index contributed by atoms with van der Waals surface area (Å²) in [4.78, 5) is 8.30. The summed E-state index contributed by atoms with van der Waals surface area (Å²) in [5.41, 5.74) is 1.17. The van der Waals surface area contributed by atoms with Crippen LogP contribution in [0.15, 0.2) is 41.3 Å². The summed E-state index contributed by atoms with van der Waals surface area (Å²) < 4.78 is 13.9. The molecular formula is C17H18BrFN4S. The Morgan fingerprint density at radius 2 is 1.88 bits per heavy atom. The number of rotatable bonds is 4. The lowest BCUT2D eigenvalue weighted by Crippen LogP contribution is -2.40. The quantitative estimate of drug-likeness (QED) is 0.743. The summed E-state index contributed by atoms with van der Waals surface area (Å²) in [5, 5.41) is 6.84. The Hall–Kier alpha value is -1.60. The molecule has 1 aliphatic rings. The van der Waals surface area contributed by atoms with Gasteiger partial charge in [0.15, 0.2) is 10.9 Å². The monoisotopic (exact) mass is 408 g/mol. The van der Waals surface area contributed by atoms with Crippen molar-refractivity contribution >= 4 is 39.1 Å². The molecule has 4 nitrogen and oxygen atoms in total. The molecule has 0 unspecified atom stereocenters. The van der Waals surface area contributed by atoms with Crippen LogP contribution in [0, 0.1) is 5.82 Å². The van der Waals surface area contributed by atoms with Crippen LogP contribution in [-0.4, -0.2) is 21.6 Å². The number of halogens is 2. The van der Waals surface area contributed by atoms with Gasteiger partial charge in [-0.1, -0.05) is 25.0 Å². The molecule has 0 amide bonds. The van der Waals surface area contributed by atoms with E-state index in [0.717, 1.165) is 12.8 Å². The van der Waals surface area contributed by atoms with E-state index in [4.69, 9.17) is 12.2 Å². The first kappa shape index (κ1) is 17.2. The van der Waals surface area contributed by atoms with E-state index in [2.05, 4.69) is 36.5 Å². The van der Waals surface area contributed by atoms with Crippen LogP contribution in [0.5, 0.6) is 0 Å². The molecule has 1 aromatic heterocycles. The average Bonchev–Trinajstić information content (AvgIpc) is 3.06. The van der Waals surface area contributed by atoms with Crippen molar-refractivity contribution in [3.05, 3.63) is 52.6 Å².